The molecular weight excluding hydrogens is 422 g/mol. The Kier molecular flexibility index (Phi) is 7.89. The summed E-state index contributed by atoms with van der Waals surface area (Å²) in [6, 6.07) is 12.6. The molecular formula is C22H27NO7S. The number of amides is 1. The number of carbonyl (C=O) groups excluding carboxylic acids is 1. The number of rotatable bonds is 10. The largest absolute Gasteiger partial charge is 0.497 e. The lowest BCUT2D eigenvalue weighted by Crippen LogP contribution is -2.38. The molecule has 0 spiro atoms. The number of methoxy groups -OCH3 is 2. The first-order chi connectivity index (χ1) is 14.9. The first-order valence-electron chi connectivity index (χ1n) is 9.97. The molecule has 168 valence electrons. The van der Waals surface area contributed by atoms with Crippen molar-refractivity contribution in [2.45, 2.75) is 30.4 Å². The zero-order valence-electron chi connectivity index (χ0n) is 17.7. The number of hydrogen-bond donors (Lipinski definition) is 0. The smallest absolute Gasteiger partial charge is 0.339 e. The van der Waals surface area contributed by atoms with Gasteiger partial charge in [-0.1, -0.05) is 12.1 Å². The maximum absolute atomic E-state index is 12.5. The van der Waals surface area contributed by atoms with Gasteiger partial charge in [0.1, 0.15) is 23.0 Å². The maximum atomic E-state index is 12.5. The molecule has 0 unspecified atom stereocenters. The summed E-state index contributed by atoms with van der Waals surface area (Å²) in [5, 5.41) is 0. The molecule has 0 bridgehead atoms. The quantitative estimate of drug-likeness (QED) is 0.515. The number of carbonyl (C=O) groups is 1. The summed E-state index contributed by atoms with van der Waals surface area (Å²) >= 11 is 0. The van der Waals surface area contributed by atoms with Crippen molar-refractivity contribution in [3.8, 4) is 11.5 Å². The standard InChI is InChI=1S/C22H27NO7S/c1-27-16-22(24)23(15-20-4-3-13-29-20)14-17-5-7-19(8-6-17)30-31(25,26)21-11-9-18(28-2)10-12-21/h5-12,20H,3-4,13-16H2,1-2H3/t20-/m0/s1. The van der Waals surface area contributed by atoms with Crippen molar-refractivity contribution in [3.63, 3.8) is 0 Å². The van der Waals surface area contributed by atoms with E-state index in [0.29, 0.717) is 25.4 Å². The monoisotopic (exact) mass is 449 g/mol. The SMILES string of the molecule is COCC(=O)N(Cc1ccc(OS(=O)(=O)c2ccc(OC)cc2)cc1)C[C@@H]1CCCO1. The average molecular weight is 450 g/mol. The van der Waals surface area contributed by atoms with Crippen LogP contribution in [0, 0.1) is 0 Å². The molecule has 0 N–H and O–H groups in total. The molecule has 1 fully saturated rings. The van der Waals surface area contributed by atoms with Gasteiger partial charge in [0, 0.05) is 26.8 Å². The van der Waals surface area contributed by atoms with Gasteiger partial charge in [-0.2, -0.15) is 8.42 Å². The minimum atomic E-state index is -3.96. The first kappa shape index (κ1) is 23.1. The summed E-state index contributed by atoms with van der Waals surface area (Å²) in [6.45, 7) is 1.57. The third-order valence-corrected chi connectivity index (χ3v) is 6.18. The van der Waals surface area contributed by atoms with Gasteiger partial charge >= 0.3 is 10.1 Å². The molecule has 0 radical (unpaired) electrons. The van der Waals surface area contributed by atoms with Gasteiger partial charge in [-0.3, -0.25) is 4.79 Å². The number of benzene rings is 2. The molecule has 0 saturated carbocycles. The second-order valence-electron chi connectivity index (χ2n) is 7.20. The molecule has 3 rings (SSSR count). The third kappa shape index (κ3) is 6.43. The highest BCUT2D eigenvalue weighted by atomic mass is 32.2. The van der Waals surface area contributed by atoms with E-state index in [4.69, 9.17) is 18.4 Å². The van der Waals surface area contributed by atoms with E-state index in [-0.39, 0.29) is 29.3 Å². The van der Waals surface area contributed by atoms with Crippen molar-refractivity contribution in [2.75, 3.05) is 34.0 Å². The lowest BCUT2D eigenvalue weighted by atomic mass is 10.1. The summed E-state index contributed by atoms with van der Waals surface area (Å²) in [5.74, 6) is 0.618. The van der Waals surface area contributed by atoms with Crippen LogP contribution in [0.1, 0.15) is 18.4 Å². The van der Waals surface area contributed by atoms with E-state index in [9.17, 15) is 13.2 Å². The fourth-order valence-corrected chi connectivity index (χ4v) is 4.22. The molecule has 8 nitrogen and oxygen atoms in total. The molecule has 9 heteroatoms. The van der Waals surface area contributed by atoms with Gasteiger partial charge in [0.25, 0.3) is 0 Å². The fourth-order valence-electron chi connectivity index (χ4n) is 3.29. The number of ether oxygens (including phenoxy) is 3. The van der Waals surface area contributed by atoms with E-state index in [1.807, 2.05) is 0 Å². The van der Waals surface area contributed by atoms with Crippen LogP contribution in [0.15, 0.2) is 53.4 Å². The van der Waals surface area contributed by atoms with Crippen LogP contribution < -0.4 is 8.92 Å². The van der Waals surface area contributed by atoms with Crippen LogP contribution in [-0.2, 0) is 30.9 Å². The summed E-state index contributed by atoms with van der Waals surface area (Å²) < 4.78 is 45.9. The topological polar surface area (TPSA) is 91.4 Å². The zero-order valence-corrected chi connectivity index (χ0v) is 18.5. The van der Waals surface area contributed by atoms with Crippen molar-refractivity contribution in [3.05, 3.63) is 54.1 Å². The number of nitrogens with zero attached hydrogens (tertiary/aromatic N) is 1. The first-order valence-corrected chi connectivity index (χ1v) is 11.4. The Morgan fingerprint density at radius 1 is 1.06 bits per heavy atom. The summed E-state index contributed by atoms with van der Waals surface area (Å²) in [6.07, 6.45) is 1.94. The Morgan fingerprint density at radius 3 is 2.32 bits per heavy atom. The molecule has 31 heavy (non-hydrogen) atoms. The van der Waals surface area contributed by atoms with Gasteiger partial charge < -0.3 is 23.3 Å². The van der Waals surface area contributed by atoms with E-state index in [1.54, 1.807) is 41.3 Å². The molecule has 1 heterocycles. The number of hydrogen-bond acceptors (Lipinski definition) is 7. The van der Waals surface area contributed by atoms with Crippen molar-refractivity contribution in [2.24, 2.45) is 0 Å². The fraction of sp³-hybridized carbons (Fsp3) is 0.409. The highest BCUT2D eigenvalue weighted by Crippen LogP contribution is 2.22. The van der Waals surface area contributed by atoms with Crippen LogP contribution in [0.5, 0.6) is 11.5 Å². The van der Waals surface area contributed by atoms with Crippen molar-refractivity contribution in [1.82, 2.24) is 4.90 Å². The molecule has 0 aliphatic carbocycles. The van der Waals surface area contributed by atoms with Gasteiger partial charge in [0.2, 0.25) is 5.91 Å². The van der Waals surface area contributed by atoms with Crippen molar-refractivity contribution >= 4 is 16.0 Å². The summed E-state index contributed by atoms with van der Waals surface area (Å²) in [7, 11) is -0.974. The molecule has 2 aromatic carbocycles. The average Bonchev–Trinajstić information content (AvgIpc) is 3.28. The predicted octanol–water partition coefficient (Wildman–Crippen LogP) is 2.62. The Hall–Kier alpha value is -2.62. The van der Waals surface area contributed by atoms with E-state index in [1.165, 1.54) is 26.4 Å². The Bertz CT molecular complexity index is 952. The molecule has 1 aliphatic heterocycles. The Balaban J connectivity index is 1.66. The summed E-state index contributed by atoms with van der Waals surface area (Å²) in [4.78, 5) is 14.2. The second kappa shape index (κ2) is 10.6. The minimum Gasteiger partial charge on any atom is -0.497 e. The van der Waals surface area contributed by atoms with Crippen LogP contribution in [-0.4, -0.2) is 59.3 Å². The molecule has 0 aromatic heterocycles. The molecule has 1 amide bonds. The molecule has 2 aromatic rings. The lowest BCUT2D eigenvalue weighted by molar-refractivity contribution is -0.137. The third-order valence-electron chi connectivity index (χ3n) is 4.92. The Labute approximate surface area is 182 Å². The lowest BCUT2D eigenvalue weighted by Gasteiger charge is -2.25. The molecule has 1 aliphatic rings. The van der Waals surface area contributed by atoms with Gasteiger partial charge in [-0.05, 0) is 54.8 Å². The van der Waals surface area contributed by atoms with Gasteiger partial charge in [0.05, 0.1) is 13.2 Å². The van der Waals surface area contributed by atoms with E-state index < -0.39 is 10.1 Å². The van der Waals surface area contributed by atoms with Crippen LogP contribution >= 0.6 is 0 Å². The second-order valence-corrected chi connectivity index (χ2v) is 8.75. The highest BCUT2D eigenvalue weighted by molar-refractivity contribution is 7.87. The Morgan fingerprint density at radius 2 is 1.74 bits per heavy atom. The van der Waals surface area contributed by atoms with E-state index in [0.717, 1.165) is 18.4 Å². The van der Waals surface area contributed by atoms with E-state index >= 15 is 0 Å². The predicted molar refractivity (Wildman–Crippen MR) is 114 cm³/mol. The highest BCUT2D eigenvalue weighted by Gasteiger charge is 2.23. The normalized spacial score (nSPS) is 16.1. The van der Waals surface area contributed by atoms with Gasteiger partial charge in [-0.25, -0.2) is 0 Å². The van der Waals surface area contributed by atoms with Gasteiger partial charge in [-0.15, -0.1) is 0 Å². The van der Waals surface area contributed by atoms with Crippen LogP contribution in [0.2, 0.25) is 0 Å². The van der Waals surface area contributed by atoms with Gasteiger partial charge in [0.15, 0.2) is 0 Å². The van der Waals surface area contributed by atoms with Crippen molar-refractivity contribution < 1.29 is 31.6 Å². The molecule has 1 atom stereocenters. The van der Waals surface area contributed by atoms with Crippen LogP contribution in [0.3, 0.4) is 0 Å². The molecule has 1 saturated heterocycles. The zero-order chi connectivity index (χ0) is 22.3. The maximum Gasteiger partial charge on any atom is 0.339 e. The van der Waals surface area contributed by atoms with Crippen molar-refractivity contribution in [1.29, 1.82) is 0 Å². The van der Waals surface area contributed by atoms with Crippen LogP contribution in [0.25, 0.3) is 0 Å². The van der Waals surface area contributed by atoms with Crippen LogP contribution in [0.4, 0.5) is 0 Å². The minimum absolute atomic E-state index is 0.00593. The van der Waals surface area contributed by atoms with E-state index in [2.05, 4.69) is 0 Å². The summed E-state index contributed by atoms with van der Waals surface area (Å²) in [5.41, 5.74) is 0.844.